The van der Waals surface area contributed by atoms with Crippen molar-refractivity contribution in [3.05, 3.63) is 22.2 Å². The van der Waals surface area contributed by atoms with Crippen LogP contribution in [0.3, 0.4) is 0 Å². The summed E-state index contributed by atoms with van der Waals surface area (Å²) >= 11 is 3.41. The molecule has 1 aromatic carbocycles. The third-order valence-electron chi connectivity index (χ3n) is 4.22. The van der Waals surface area contributed by atoms with Crippen LogP contribution in [0.1, 0.15) is 36.0 Å². The van der Waals surface area contributed by atoms with Gasteiger partial charge in [0.15, 0.2) is 11.5 Å². The second-order valence-corrected chi connectivity index (χ2v) is 6.41. The summed E-state index contributed by atoms with van der Waals surface area (Å²) in [5, 5.41) is 3.12. The zero-order valence-electron chi connectivity index (χ0n) is 11.7. The molecule has 1 heterocycles. The quantitative estimate of drug-likeness (QED) is 0.874. The summed E-state index contributed by atoms with van der Waals surface area (Å²) in [6.07, 6.45) is 4.43. The molecule has 0 saturated heterocycles. The highest BCUT2D eigenvalue weighted by Gasteiger charge is 2.27. The van der Waals surface area contributed by atoms with Gasteiger partial charge in [-0.1, -0.05) is 12.8 Å². The highest BCUT2D eigenvalue weighted by Crippen LogP contribution is 2.40. The molecule has 3 rings (SSSR count). The number of ether oxygens (including phenoxy) is 2. The standard InChI is InChI=1S/C15H19BrN2O3/c16-11-5-10(6-13-14(11)21-8-20-13)15(19)18-12-4-2-1-3-9(12)7-17/h5-6,9,12H,1-4,7-8,17H2,(H,18,19). The molecule has 3 N–H and O–H groups in total. The van der Waals surface area contributed by atoms with Crippen molar-refractivity contribution in [2.24, 2.45) is 11.7 Å². The van der Waals surface area contributed by atoms with Crippen LogP contribution in [-0.2, 0) is 0 Å². The van der Waals surface area contributed by atoms with Crippen molar-refractivity contribution in [2.45, 2.75) is 31.7 Å². The number of nitrogens with one attached hydrogen (secondary N) is 1. The Morgan fingerprint density at radius 2 is 2.14 bits per heavy atom. The number of carbonyl (C=O) groups excluding carboxylic acids is 1. The summed E-state index contributed by atoms with van der Waals surface area (Å²) in [4.78, 5) is 12.5. The molecule has 0 radical (unpaired) electrons. The number of fused-ring (bicyclic) bond motifs is 1. The van der Waals surface area contributed by atoms with Gasteiger partial charge in [0.25, 0.3) is 5.91 Å². The lowest BCUT2D eigenvalue weighted by atomic mass is 9.84. The van der Waals surface area contributed by atoms with Crippen molar-refractivity contribution in [2.75, 3.05) is 13.3 Å². The van der Waals surface area contributed by atoms with Crippen molar-refractivity contribution in [3.63, 3.8) is 0 Å². The number of rotatable bonds is 3. The number of benzene rings is 1. The molecule has 1 amide bonds. The highest BCUT2D eigenvalue weighted by atomic mass is 79.9. The number of hydrogen-bond acceptors (Lipinski definition) is 4. The Kier molecular flexibility index (Phi) is 4.35. The molecular formula is C15H19BrN2O3. The predicted octanol–water partition coefficient (Wildman–Crippen LogP) is 2.43. The van der Waals surface area contributed by atoms with Gasteiger partial charge in [-0.15, -0.1) is 0 Å². The average molecular weight is 355 g/mol. The van der Waals surface area contributed by atoms with E-state index in [1.807, 2.05) is 0 Å². The first-order chi connectivity index (χ1) is 10.2. The van der Waals surface area contributed by atoms with E-state index in [1.54, 1.807) is 12.1 Å². The fourth-order valence-corrected chi connectivity index (χ4v) is 3.59. The molecular weight excluding hydrogens is 336 g/mol. The molecule has 6 heteroatoms. The van der Waals surface area contributed by atoms with Gasteiger partial charge in [-0.05, 0) is 53.4 Å². The van der Waals surface area contributed by atoms with Crippen molar-refractivity contribution >= 4 is 21.8 Å². The number of carbonyl (C=O) groups is 1. The van der Waals surface area contributed by atoms with E-state index < -0.39 is 0 Å². The van der Waals surface area contributed by atoms with E-state index in [0.29, 0.717) is 29.5 Å². The molecule has 21 heavy (non-hydrogen) atoms. The van der Waals surface area contributed by atoms with Crippen LogP contribution in [-0.4, -0.2) is 25.3 Å². The first-order valence-electron chi connectivity index (χ1n) is 7.29. The molecule has 0 spiro atoms. The van der Waals surface area contributed by atoms with E-state index in [2.05, 4.69) is 21.2 Å². The molecule has 1 saturated carbocycles. The highest BCUT2D eigenvalue weighted by molar-refractivity contribution is 9.10. The second kappa shape index (κ2) is 6.23. The molecule has 1 fully saturated rings. The Balaban J connectivity index is 1.75. The third-order valence-corrected chi connectivity index (χ3v) is 4.81. The lowest BCUT2D eigenvalue weighted by Gasteiger charge is -2.31. The summed E-state index contributed by atoms with van der Waals surface area (Å²) in [7, 11) is 0. The second-order valence-electron chi connectivity index (χ2n) is 5.55. The molecule has 2 aliphatic rings. The molecule has 2 unspecified atom stereocenters. The minimum Gasteiger partial charge on any atom is -0.454 e. The molecule has 114 valence electrons. The Hall–Kier alpha value is -1.27. The van der Waals surface area contributed by atoms with Crippen LogP contribution in [0, 0.1) is 5.92 Å². The van der Waals surface area contributed by atoms with Crippen LogP contribution >= 0.6 is 15.9 Å². The van der Waals surface area contributed by atoms with Crippen LogP contribution in [0.15, 0.2) is 16.6 Å². The Morgan fingerprint density at radius 1 is 1.33 bits per heavy atom. The summed E-state index contributed by atoms with van der Waals surface area (Å²) in [6, 6.07) is 3.66. The third kappa shape index (κ3) is 3.01. The smallest absolute Gasteiger partial charge is 0.251 e. The van der Waals surface area contributed by atoms with Crippen LogP contribution < -0.4 is 20.5 Å². The Labute approximate surface area is 132 Å². The maximum absolute atomic E-state index is 12.5. The maximum atomic E-state index is 12.5. The van der Waals surface area contributed by atoms with Gasteiger partial charge in [-0.3, -0.25) is 4.79 Å². The summed E-state index contributed by atoms with van der Waals surface area (Å²) < 4.78 is 11.4. The van der Waals surface area contributed by atoms with Gasteiger partial charge >= 0.3 is 0 Å². The fourth-order valence-electron chi connectivity index (χ4n) is 3.03. The Bertz CT molecular complexity index is 550. The van der Waals surface area contributed by atoms with Crippen molar-refractivity contribution in [1.29, 1.82) is 0 Å². The topological polar surface area (TPSA) is 73.6 Å². The first kappa shape index (κ1) is 14.7. The fraction of sp³-hybridized carbons (Fsp3) is 0.533. The minimum absolute atomic E-state index is 0.0839. The van der Waals surface area contributed by atoms with E-state index in [0.717, 1.165) is 23.7 Å². The van der Waals surface area contributed by atoms with Crippen molar-refractivity contribution in [3.8, 4) is 11.5 Å². The lowest BCUT2D eigenvalue weighted by Crippen LogP contribution is -2.44. The predicted molar refractivity (Wildman–Crippen MR) is 82.5 cm³/mol. The molecule has 0 bridgehead atoms. The van der Waals surface area contributed by atoms with Gasteiger partial charge in [-0.2, -0.15) is 0 Å². The number of nitrogens with two attached hydrogens (primary N) is 1. The molecule has 5 nitrogen and oxygen atoms in total. The monoisotopic (exact) mass is 354 g/mol. The van der Waals surface area contributed by atoms with E-state index in [9.17, 15) is 4.79 Å². The maximum Gasteiger partial charge on any atom is 0.251 e. The number of hydrogen-bond donors (Lipinski definition) is 2. The SMILES string of the molecule is NCC1CCCCC1NC(=O)c1cc(Br)c2c(c1)OCO2. The Morgan fingerprint density at radius 3 is 2.95 bits per heavy atom. The molecule has 0 aromatic heterocycles. The summed E-state index contributed by atoms with van der Waals surface area (Å²) in [6.45, 7) is 0.812. The van der Waals surface area contributed by atoms with E-state index in [1.165, 1.54) is 6.42 Å². The normalized spacial score (nSPS) is 23.9. The van der Waals surface area contributed by atoms with Crippen LogP contribution in [0.25, 0.3) is 0 Å². The van der Waals surface area contributed by atoms with Gasteiger partial charge in [0.2, 0.25) is 6.79 Å². The zero-order valence-corrected chi connectivity index (χ0v) is 13.3. The first-order valence-corrected chi connectivity index (χ1v) is 8.08. The lowest BCUT2D eigenvalue weighted by molar-refractivity contribution is 0.0907. The average Bonchev–Trinajstić information content (AvgIpc) is 2.96. The van der Waals surface area contributed by atoms with Crippen LogP contribution in [0.2, 0.25) is 0 Å². The number of halogens is 1. The molecule has 1 aromatic rings. The molecule has 2 atom stereocenters. The zero-order chi connectivity index (χ0) is 14.8. The van der Waals surface area contributed by atoms with Gasteiger partial charge in [0.05, 0.1) is 4.47 Å². The summed E-state index contributed by atoms with van der Waals surface area (Å²) in [5.41, 5.74) is 6.39. The molecule has 1 aliphatic carbocycles. The van der Waals surface area contributed by atoms with Crippen LogP contribution in [0.5, 0.6) is 11.5 Å². The number of amides is 1. The van der Waals surface area contributed by atoms with Gasteiger partial charge < -0.3 is 20.5 Å². The molecule has 1 aliphatic heterocycles. The van der Waals surface area contributed by atoms with Gasteiger partial charge in [-0.25, -0.2) is 0 Å². The minimum atomic E-state index is -0.0839. The van der Waals surface area contributed by atoms with Gasteiger partial charge in [0.1, 0.15) is 0 Å². The van der Waals surface area contributed by atoms with E-state index in [-0.39, 0.29) is 18.7 Å². The van der Waals surface area contributed by atoms with Gasteiger partial charge in [0, 0.05) is 11.6 Å². The summed E-state index contributed by atoms with van der Waals surface area (Å²) in [5.74, 6) is 1.55. The van der Waals surface area contributed by atoms with E-state index in [4.69, 9.17) is 15.2 Å². The largest absolute Gasteiger partial charge is 0.454 e. The van der Waals surface area contributed by atoms with Crippen LogP contribution in [0.4, 0.5) is 0 Å². The van der Waals surface area contributed by atoms with Crippen molar-refractivity contribution in [1.82, 2.24) is 5.32 Å². The van der Waals surface area contributed by atoms with Crippen molar-refractivity contribution < 1.29 is 14.3 Å². The van der Waals surface area contributed by atoms with E-state index >= 15 is 0 Å².